The van der Waals surface area contributed by atoms with Crippen LogP contribution in [0.4, 0.5) is 5.69 Å². The van der Waals surface area contributed by atoms with Crippen molar-refractivity contribution in [2.75, 3.05) is 19.0 Å². The molecule has 0 aliphatic carbocycles. The molecule has 19 heavy (non-hydrogen) atoms. The van der Waals surface area contributed by atoms with Gasteiger partial charge in [-0.1, -0.05) is 0 Å². The van der Waals surface area contributed by atoms with Crippen LogP contribution in [-0.2, 0) is 16.0 Å². The maximum Gasteiger partial charge on any atom is 0.341 e. The molecule has 0 unspecified atom stereocenters. The van der Waals surface area contributed by atoms with Gasteiger partial charge in [0, 0.05) is 18.2 Å². The first-order chi connectivity index (χ1) is 9.13. The molecule has 0 saturated heterocycles. The summed E-state index contributed by atoms with van der Waals surface area (Å²) < 4.78 is 10.4. The lowest BCUT2D eigenvalue weighted by Crippen LogP contribution is -2.12. The summed E-state index contributed by atoms with van der Waals surface area (Å²) in [6.45, 7) is 2.03. The monoisotopic (exact) mass is 263 g/mol. The minimum absolute atomic E-state index is 0.141. The molecule has 5 heteroatoms. The molecule has 0 bridgehead atoms. The zero-order valence-electron chi connectivity index (χ0n) is 11.1. The van der Waals surface area contributed by atoms with Gasteiger partial charge in [0.2, 0.25) is 5.91 Å². The second-order valence-electron chi connectivity index (χ2n) is 4.45. The Morgan fingerprint density at radius 3 is 2.79 bits per heavy atom. The summed E-state index contributed by atoms with van der Waals surface area (Å²) in [7, 11) is 1.34. The lowest BCUT2D eigenvalue weighted by Gasteiger charge is -2.15. The summed E-state index contributed by atoms with van der Waals surface area (Å²) in [4.78, 5) is 23.0. The first-order valence-corrected chi connectivity index (χ1v) is 6.28. The molecule has 1 heterocycles. The van der Waals surface area contributed by atoms with Gasteiger partial charge in [0.25, 0.3) is 0 Å². The average Bonchev–Trinajstić information content (AvgIpc) is 2.63. The van der Waals surface area contributed by atoms with Crippen molar-refractivity contribution in [3.8, 4) is 5.75 Å². The predicted molar refractivity (Wildman–Crippen MR) is 70.5 cm³/mol. The average molecular weight is 263 g/mol. The Morgan fingerprint density at radius 2 is 2.11 bits per heavy atom. The Morgan fingerprint density at radius 1 is 1.32 bits per heavy atom. The standard InChI is InChI=1S/C14H17NO4/c1-9(16)15-12-7-6-11(14(17)18-2)13-10(12)5-3-4-8-19-13/h6-7H,3-5,8H2,1-2H3,(H,15,16). The van der Waals surface area contributed by atoms with Crippen molar-refractivity contribution in [3.63, 3.8) is 0 Å². The number of fused-ring (bicyclic) bond motifs is 1. The minimum atomic E-state index is -0.424. The Kier molecular flexibility index (Phi) is 4.04. The number of carbonyl (C=O) groups is 2. The molecule has 0 saturated carbocycles. The van der Waals surface area contributed by atoms with Crippen molar-refractivity contribution in [2.24, 2.45) is 0 Å². The number of anilines is 1. The molecule has 0 radical (unpaired) electrons. The van der Waals surface area contributed by atoms with E-state index in [1.165, 1.54) is 14.0 Å². The predicted octanol–water partition coefficient (Wildman–Crippen LogP) is 2.15. The molecule has 1 amide bonds. The largest absolute Gasteiger partial charge is 0.492 e. The van der Waals surface area contributed by atoms with Gasteiger partial charge in [-0.2, -0.15) is 0 Å². The van der Waals surface area contributed by atoms with Gasteiger partial charge >= 0.3 is 5.97 Å². The number of ether oxygens (including phenoxy) is 2. The van der Waals surface area contributed by atoms with Crippen molar-refractivity contribution in [1.82, 2.24) is 0 Å². The molecule has 0 aromatic heterocycles. The third-order valence-corrected chi connectivity index (χ3v) is 3.04. The molecule has 5 nitrogen and oxygen atoms in total. The van der Waals surface area contributed by atoms with E-state index in [0.717, 1.165) is 24.8 Å². The van der Waals surface area contributed by atoms with Crippen LogP contribution in [0.1, 0.15) is 35.7 Å². The molecule has 1 aliphatic heterocycles. The van der Waals surface area contributed by atoms with Crippen molar-refractivity contribution in [1.29, 1.82) is 0 Å². The molecule has 0 fully saturated rings. The quantitative estimate of drug-likeness (QED) is 0.830. The molecule has 1 N–H and O–H groups in total. The highest BCUT2D eigenvalue weighted by Crippen LogP contribution is 2.34. The number of carbonyl (C=O) groups excluding carboxylic acids is 2. The molecule has 0 spiro atoms. The highest BCUT2D eigenvalue weighted by atomic mass is 16.5. The van der Waals surface area contributed by atoms with Gasteiger partial charge in [0.05, 0.1) is 13.7 Å². The summed E-state index contributed by atoms with van der Waals surface area (Å²) in [5.41, 5.74) is 1.99. The zero-order chi connectivity index (χ0) is 13.8. The number of amides is 1. The third-order valence-electron chi connectivity index (χ3n) is 3.04. The van der Waals surface area contributed by atoms with Crippen LogP contribution in [0.15, 0.2) is 12.1 Å². The van der Waals surface area contributed by atoms with E-state index in [0.29, 0.717) is 23.6 Å². The number of hydrogen-bond acceptors (Lipinski definition) is 4. The van der Waals surface area contributed by atoms with Crippen LogP contribution in [0, 0.1) is 0 Å². The fraction of sp³-hybridized carbons (Fsp3) is 0.429. The van der Waals surface area contributed by atoms with Gasteiger partial charge < -0.3 is 14.8 Å². The van der Waals surface area contributed by atoms with Crippen LogP contribution in [0.25, 0.3) is 0 Å². The van der Waals surface area contributed by atoms with Crippen molar-refractivity contribution < 1.29 is 19.1 Å². The summed E-state index contributed by atoms with van der Waals surface area (Å²) in [6.07, 6.45) is 2.66. The Bertz CT molecular complexity index is 510. The maximum atomic E-state index is 11.7. The van der Waals surface area contributed by atoms with E-state index in [4.69, 9.17) is 9.47 Å². The first-order valence-electron chi connectivity index (χ1n) is 6.28. The fourth-order valence-corrected chi connectivity index (χ4v) is 2.20. The van der Waals surface area contributed by atoms with Crippen molar-refractivity contribution in [3.05, 3.63) is 23.3 Å². The van der Waals surface area contributed by atoms with Crippen molar-refractivity contribution >= 4 is 17.6 Å². The highest BCUT2D eigenvalue weighted by molar-refractivity contribution is 5.96. The number of benzene rings is 1. The third kappa shape index (κ3) is 2.86. The van der Waals surface area contributed by atoms with E-state index >= 15 is 0 Å². The Labute approximate surface area is 111 Å². The molecular weight excluding hydrogens is 246 g/mol. The SMILES string of the molecule is COC(=O)c1ccc(NC(C)=O)c2c1OCCCC2. The van der Waals surface area contributed by atoms with Crippen LogP contribution >= 0.6 is 0 Å². The fourth-order valence-electron chi connectivity index (χ4n) is 2.20. The highest BCUT2D eigenvalue weighted by Gasteiger charge is 2.22. The maximum absolute atomic E-state index is 11.7. The normalized spacial score (nSPS) is 13.8. The zero-order valence-corrected chi connectivity index (χ0v) is 11.1. The van der Waals surface area contributed by atoms with Crippen LogP contribution in [-0.4, -0.2) is 25.6 Å². The molecule has 2 rings (SSSR count). The van der Waals surface area contributed by atoms with E-state index in [-0.39, 0.29) is 5.91 Å². The van der Waals surface area contributed by atoms with Gasteiger partial charge in [-0.05, 0) is 31.4 Å². The van der Waals surface area contributed by atoms with Gasteiger partial charge in [0.15, 0.2) is 0 Å². The molecule has 0 atom stereocenters. The summed E-state index contributed by atoms with van der Waals surface area (Å²) in [5.74, 6) is -0.0274. The number of nitrogens with one attached hydrogen (secondary N) is 1. The van der Waals surface area contributed by atoms with Crippen LogP contribution in [0.5, 0.6) is 5.75 Å². The van der Waals surface area contributed by atoms with Gasteiger partial charge in [-0.3, -0.25) is 4.79 Å². The minimum Gasteiger partial charge on any atom is -0.492 e. The van der Waals surface area contributed by atoms with E-state index < -0.39 is 5.97 Å². The first kappa shape index (κ1) is 13.4. The van der Waals surface area contributed by atoms with E-state index in [9.17, 15) is 9.59 Å². The van der Waals surface area contributed by atoms with Crippen LogP contribution < -0.4 is 10.1 Å². The lowest BCUT2D eigenvalue weighted by molar-refractivity contribution is -0.114. The van der Waals surface area contributed by atoms with E-state index in [2.05, 4.69) is 5.32 Å². The topological polar surface area (TPSA) is 64.6 Å². The number of methoxy groups -OCH3 is 1. The Hall–Kier alpha value is -2.04. The molecule has 1 aromatic carbocycles. The van der Waals surface area contributed by atoms with Crippen LogP contribution in [0.3, 0.4) is 0 Å². The van der Waals surface area contributed by atoms with Gasteiger partial charge in [-0.15, -0.1) is 0 Å². The summed E-state index contributed by atoms with van der Waals surface area (Å²) in [6, 6.07) is 3.35. The second-order valence-corrected chi connectivity index (χ2v) is 4.45. The van der Waals surface area contributed by atoms with Crippen LogP contribution in [0.2, 0.25) is 0 Å². The van der Waals surface area contributed by atoms with E-state index in [1.807, 2.05) is 0 Å². The molecule has 102 valence electrons. The lowest BCUT2D eigenvalue weighted by atomic mass is 10.0. The Balaban J connectivity index is 2.50. The second kappa shape index (κ2) is 5.73. The number of rotatable bonds is 2. The van der Waals surface area contributed by atoms with Gasteiger partial charge in [-0.25, -0.2) is 4.79 Å². The molecular formula is C14H17NO4. The molecule has 1 aliphatic rings. The number of hydrogen-bond donors (Lipinski definition) is 1. The molecule has 1 aromatic rings. The summed E-state index contributed by atoms with van der Waals surface area (Å²) >= 11 is 0. The smallest absolute Gasteiger partial charge is 0.341 e. The number of esters is 1. The summed E-state index contributed by atoms with van der Waals surface area (Å²) in [5, 5.41) is 2.77. The van der Waals surface area contributed by atoms with E-state index in [1.54, 1.807) is 12.1 Å². The van der Waals surface area contributed by atoms with Crippen molar-refractivity contribution in [2.45, 2.75) is 26.2 Å². The van der Waals surface area contributed by atoms with Gasteiger partial charge in [0.1, 0.15) is 11.3 Å².